The van der Waals surface area contributed by atoms with Crippen molar-refractivity contribution in [3.05, 3.63) is 0 Å². The molecule has 8 nitrogen and oxygen atoms in total. The van der Waals surface area contributed by atoms with Gasteiger partial charge < -0.3 is 35.9 Å². The molecule has 0 saturated carbocycles. The van der Waals surface area contributed by atoms with E-state index in [1.165, 1.54) is 0 Å². The molecular weight excluding hydrogens is 217 g/mol. The Bertz CT molecular complexity index is 167. The molecule has 0 saturated heterocycles. The molecule has 9 heteroatoms. The van der Waals surface area contributed by atoms with Crippen LogP contribution in [0.1, 0.15) is 0 Å². The van der Waals surface area contributed by atoms with Crippen LogP contribution in [0.3, 0.4) is 0 Å². The zero-order valence-electron chi connectivity index (χ0n) is 7.39. The van der Waals surface area contributed by atoms with E-state index in [1.54, 1.807) is 0 Å². The summed E-state index contributed by atoms with van der Waals surface area (Å²) < 4.78 is 9.93. The number of hydrogen-bond acceptors (Lipinski definition) is 6. The molecule has 0 aliphatic rings. The summed E-state index contributed by atoms with van der Waals surface area (Å²) in [6, 6.07) is 0. The second kappa shape index (κ2) is 8.27. The van der Waals surface area contributed by atoms with Gasteiger partial charge in [0.15, 0.2) is 5.85 Å². The van der Waals surface area contributed by atoms with Gasteiger partial charge in [-0.25, -0.2) is 0 Å². The van der Waals surface area contributed by atoms with E-state index in [9.17, 15) is 4.57 Å². The number of aliphatic hydroxyl groups is 4. The third kappa shape index (κ3) is 10.0. The van der Waals surface area contributed by atoms with Crippen LogP contribution in [0.5, 0.6) is 0 Å². The van der Waals surface area contributed by atoms with Crippen LogP contribution in [0.15, 0.2) is 0 Å². The maximum Gasteiger partial charge on any atom is 0.355 e. The van der Waals surface area contributed by atoms with Gasteiger partial charge >= 0.3 is 7.60 Å². The molecule has 0 radical (unpaired) electrons. The predicted octanol–water partition coefficient (Wildman–Crippen LogP) is -3.23. The summed E-state index contributed by atoms with van der Waals surface area (Å²) in [4.78, 5) is 16.1. The Morgan fingerprint density at radius 2 is 1.50 bits per heavy atom. The van der Waals surface area contributed by atoms with E-state index in [0.29, 0.717) is 0 Å². The van der Waals surface area contributed by atoms with Gasteiger partial charge in [0.2, 0.25) is 0 Å². The van der Waals surface area contributed by atoms with Gasteiger partial charge in [0.25, 0.3) is 0 Å². The fourth-order valence-electron chi connectivity index (χ4n) is 0.195. The Hall–Kier alpha value is -0.0500. The van der Waals surface area contributed by atoms with Crippen molar-refractivity contribution in [3.8, 4) is 0 Å². The van der Waals surface area contributed by atoms with E-state index in [-0.39, 0.29) is 13.2 Å². The molecule has 8 N–H and O–H groups in total. The Kier molecular flexibility index (Phi) is 9.68. The van der Waals surface area contributed by atoms with Crippen LogP contribution in [0.4, 0.5) is 0 Å². The highest BCUT2D eigenvalue weighted by Crippen LogP contribution is 2.38. The van der Waals surface area contributed by atoms with Crippen molar-refractivity contribution in [1.29, 1.82) is 0 Å². The molecule has 0 aliphatic heterocycles. The van der Waals surface area contributed by atoms with Gasteiger partial charge in [-0.15, -0.1) is 0 Å². The smallest absolute Gasteiger partial charge is 0.355 e. The Labute approximate surface area is 80.8 Å². The highest BCUT2D eigenvalue weighted by atomic mass is 31.2. The summed E-state index contributed by atoms with van der Waals surface area (Å²) in [7, 11) is -4.33. The molecule has 14 heavy (non-hydrogen) atoms. The molecule has 0 fully saturated rings. The zero-order chi connectivity index (χ0) is 11.8. The minimum atomic E-state index is -4.33. The number of rotatable bonds is 4. The van der Waals surface area contributed by atoms with Gasteiger partial charge in [0.05, 0.1) is 13.2 Å². The fraction of sp³-hybridized carbons (Fsp3) is 1.00. The molecule has 88 valence electrons. The average Bonchev–Trinajstić information content (AvgIpc) is 2.14. The van der Waals surface area contributed by atoms with Crippen molar-refractivity contribution < 1.29 is 34.8 Å². The van der Waals surface area contributed by atoms with Gasteiger partial charge in [0, 0.05) is 6.54 Å². The predicted molar refractivity (Wildman–Crippen MR) is 47.3 cm³/mol. The number of hydrogen-bond donors (Lipinski definition) is 7. The van der Waals surface area contributed by atoms with Crippen molar-refractivity contribution in [1.82, 2.24) is 0 Å². The maximum absolute atomic E-state index is 9.93. The van der Waals surface area contributed by atoms with Crippen LogP contribution in [0, 0.1) is 0 Å². The molecule has 1 unspecified atom stereocenters. The van der Waals surface area contributed by atoms with E-state index < -0.39 is 26.1 Å². The van der Waals surface area contributed by atoms with Crippen molar-refractivity contribution >= 4 is 7.60 Å². The van der Waals surface area contributed by atoms with Gasteiger partial charge in [-0.3, -0.25) is 4.57 Å². The summed E-state index contributed by atoms with van der Waals surface area (Å²) in [5.41, 5.74) is 4.72. The van der Waals surface area contributed by atoms with Gasteiger partial charge in [0.1, 0.15) is 6.10 Å². The van der Waals surface area contributed by atoms with E-state index in [0.717, 1.165) is 0 Å². The lowest BCUT2D eigenvalue weighted by atomic mass is 10.4. The standard InChI is InChI=1S/C3H8O3.C2H8NO4P/c4-1-3(6)2-5;3-1-2(4)8(5,6)7/h3-6H,1-2H2;2,4H,1,3H2,(H2,5,6,7). The van der Waals surface area contributed by atoms with Gasteiger partial charge in [-0.05, 0) is 0 Å². The summed E-state index contributed by atoms with van der Waals surface area (Å²) in [6.07, 6.45) is -0.954. The first-order valence-electron chi connectivity index (χ1n) is 3.62. The van der Waals surface area contributed by atoms with Crippen LogP contribution >= 0.6 is 7.60 Å². The first-order valence-corrected chi connectivity index (χ1v) is 5.30. The second-order valence-electron chi connectivity index (χ2n) is 2.32. The van der Waals surface area contributed by atoms with Crippen LogP contribution in [0.25, 0.3) is 0 Å². The maximum atomic E-state index is 9.93. The number of nitrogens with two attached hydrogens (primary N) is 1. The third-order valence-electron chi connectivity index (χ3n) is 1.02. The SMILES string of the molecule is NCC(O)P(=O)(O)O.OCC(O)CO. The molecule has 0 bridgehead atoms. The lowest BCUT2D eigenvalue weighted by molar-refractivity contribution is 0.0450. The average molecular weight is 233 g/mol. The lowest BCUT2D eigenvalue weighted by Gasteiger charge is -2.07. The Balaban J connectivity index is 0. The summed E-state index contributed by atoms with van der Waals surface area (Å²) in [6.45, 7) is -1.14. The largest absolute Gasteiger partial charge is 0.394 e. The highest BCUT2D eigenvalue weighted by molar-refractivity contribution is 7.52. The van der Waals surface area contributed by atoms with E-state index in [4.69, 9.17) is 35.9 Å². The normalized spacial score (nSPS) is 13.4. The van der Waals surface area contributed by atoms with E-state index in [1.807, 2.05) is 0 Å². The lowest BCUT2D eigenvalue weighted by Crippen LogP contribution is -2.19. The van der Waals surface area contributed by atoms with Crippen molar-refractivity contribution in [2.75, 3.05) is 19.8 Å². The van der Waals surface area contributed by atoms with Crippen LogP contribution in [-0.2, 0) is 4.57 Å². The molecule has 0 rings (SSSR count). The first-order chi connectivity index (χ1) is 6.29. The highest BCUT2D eigenvalue weighted by Gasteiger charge is 2.23. The Morgan fingerprint density at radius 3 is 1.50 bits per heavy atom. The summed E-state index contributed by atoms with van der Waals surface area (Å²) >= 11 is 0. The van der Waals surface area contributed by atoms with Gasteiger partial charge in [-0.2, -0.15) is 0 Å². The first kappa shape index (κ1) is 16.4. The molecule has 0 aromatic carbocycles. The molecule has 0 heterocycles. The Morgan fingerprint density at radius 1 is 1.14 bits per heavy atom. The molecular formula is C5H16NO7P. The van der Waals surface area contributed by atoms with Crippen LogP contribution < -0.4 is 5.73 Å². The van der Waals surface area contributed by atoms with Crippen molar-refractivity contribution in [2.45, 2.75) is 11.9 Å². The second-order valence-corrected chi connectivity index (χ2v) is 4.10. The van der Waals surface area contributed by atoms with Crippen molar-refractivity contribution in [2.24, 2.45) is 5.73 Å². The number of aliphatic hydroxyl groups excluding tert-OH is 4. The van der Waals surface area contributed by atoms with E-state index in [2.05, 4.69) is 0 Å². The molecule has 1 atom stereocenters. The molecule has 0 amide bonds. The quantitative estimate of drug-likeness (QED) is 0.249. The topological polar surface area (TPSA) is 164 Å². The molecule has 0 aromatic heterocycles. The van der Waals surface area contributed by atoms with Crippen molar-refractivity contribution in [3.63, 3.8) is 0 Å². The monoisotopic (exact) mass is 233 g/mol. The minimum absolute atomic E-state index is 0.365. The molecule has 0 aromatic rings. The molecule has 0 aliphatic carbocycles. The minimum Gasteiger partial charge on any atom is -0.394 e. The fourth-order valence-corrected chi connectivity index (χ4v) is 0.470. The van der Waals surface area contributed by atoms with E-state index >= 15 is 0 Å². The summed E-state index contributed by atoms with van der Waals surface area (Å²) in [5, 5.41) is 32.3. The summed E-state index contributed by atoms with van der Waals surface area (Å²) in [5.74, 6) is -1.71. The van der Waals surface area contributed by atoms with Gasteiger partial charge in [-0.1, -0.05) is 0 Å². The third-order valence-corrected chi connectivity index (χ3v) is 2.01. The molecule has 0 spiro atoms. The van der Waals surface area contributed by atoms with Crippen LogP contribution in [0.2, 0.25) is 0 Å². The van der Waals surface area contributed by atoms with Crippen LogP contribution in [-0.4, -0.2) is 61.9 Å². The zero-order valence-corrected chi connectivity index (χ0v) is 8.29.